The van der Waals surface area contributed by atoms with E-state index in [4.69, 9.17) is 14.7 Å². The van der Waals surface area contributed by atoms with Crippen LogP contribution in [0, 0.1) is 11.3 Å². The third-order valence-corrected chi connectivity index (χ3v) is 2.29. The van der Waals surface area contributed by atoms with Gasteiger partial charge >= 0.3 is 0 Å². The first kappa shape index (κ1) is 13.5. The van der Waals surface area contributed by atoms with Crippen LogP contribution in [0.25, 0.3) is 0 Å². The van der Waals surface area contributed by atoms with Crippen molar-refractivity contribution in [3.63, 3.8) is 0 Å². The quantitative estimate of drug-likeness (QED) is 0.732. The van der Waals surface area contributed by atoms with Gasteiger partial charge in [-0.2, -0.15) is 5.26 Å². The van der Waals surface area contributed by atoms with E-state index in [-0.39, 0.29) is 6.04 Å². The van der Waals surface area contributed by atoms with Crippen molar-refractivity contribution in [2.75, 3.05) is 26.9 Å². The summed E-state index contributed by atoms with van der Waals surface area (Å²) in [6.45, 7) is 3.79. The molecule has 17 heavy (non-hydrogen) atoms. The Hall–Kier alpha value is -1.57. The smallest absolute Gasteiger partial charge is 0.121 e. The van der Waals surface area contributed by atoms with E-state index in [1.807, 2.05) is 31.2 Å². The van der Waals surface area contributed by atoms with Crippen LogP contribution in [0.5, 0.6) is 5.75 Å². The van der Waals surface area contributed by atoms with Gasteiger partial charge in [-0.3, -0.25) is 5.32 Å². The van der Waals surface area contributed by atoms with Crippen molar-refractivity contribution in [1.82, 2.24) is 5.32 Å². The Morgan fingerprint density at radius 3 is 2.94 bits per heavy atom. The van der Waals surface area contributed by atoms with E-state index >= 15 is 0 Å². The van der Waals surface area contributed by atoms with Gasteiger partial charge in [0.2, 0.25) is 0 Å². The zero-order valence-electron chi connectivity index (χ0n) is 10.3. The number of methoxy groups -OCH3 is 1. The minimum Gasteiger partial charge on any atom is -0.494 e. The van der Waals surface area contributed by atoms with Gasteiger partial charge in [0.05, 0.1) is 19.3 Å². The molecule has 0 aliphatic carbocycles. The molecule has 1 unspecified atom stereocenters. The average molecular weight is 234 g/mol. The Morgan fingerprint density at radius 1 is 1.47 bits per heavy atom. The number of ether oxygens (including phenoxy) is 2. The molecular weight excluding hydrogens is 216 g/mol. The predicted molar refractivity (Wildman–Crippen MR) is 65.8 cm³/mol. The maximum Gasteiger partial charge on any atom is 0.121 e. The number of hydrogen-bond acceptors (Lipinski definition) is 4. The van der Waals surface area contributed by atoms with Gasteiger partial charge in [0.15, 0.2) is 0 Å². The summed E-state index contributed by atoms with van der Waals surface area (Å²) in [4.78, 5) is 0. The Balaban J connectivity index is 2.67. The number of benzene rings is 1. The molecule has 4 nitrogen and oxygen atoms in total. The third kappa shape index (κ3) is 4.43. The molecule has 1 rings (SSSR count). The fraction of sp³-hybridized carbons (Fsp3) is 0.462. The van der Waals surface area contributed by atoms with E-state index in [1.54, 1.807) is 7.11 Å². The molecule has 1 aromatic carbocycles. The average Bonchev–Trinajstić information content (AvgIpc) is 2.35. The molecule has 0 amide bonds. The van der Waals surface area contributed by atoms with Gasteiger partial charge in [0, 0.05) is 13.7 Å². The lowest BCUT2D eigenvalue weighted by molar-refractivity contribution is 0.198. The van der Waals surface area contributed by atoms with Crippen LogP contribution in [0.1, 0.15) is 18.5 Å². The second kappa shape index (κ2) is 7.66. The van der Waals surface area contributed by atoms with Crippen LogP contribution in [-0.2, 0) is 4.74 Å². The molecule has 0 spiro atoms. The lowest BCUT2D eigenvalue weighted by Gasteiger charge is -2.12. The van der Waals surface area contributed by atoms with Crippen LogP contribution < -0.4 is 10.1 Å². The number of nitriles is 1. The summed E-state index contributed by atoms with van der Waals surface area (Å²) in [6, 6.07) is 9.47. The maximum atomic E-state index is 9.11. The topological polar surface area (TPSA) is 54.3 Å². The molecule has 0 aliphatic rings. The highest BCUT2D eigenvalue weighted by Crippen LogP contribution is 2.18. The third-order valence-electron chi connectivity index (χ3n) is 2.29. The van der Waals surface area contributed by atoms with E-state index in [9.17, 15) is 0 Å². The molecule has 0 aromatic heterocycles. The fourth-order valence-corrected chi connectivity index (χ4v) is 1.49. The molecule has 0 saturated heterocycles. The molecule has 0 bridgehead atoms. The van der Waals surface area contributed by atoms with Crippen molar-refractivity contribution in [1.29, 1.82) is 5.26 Å². The van der Waals surface area contributed by atoms with E-state index < -0.39 is 0 Å². The summed E-state index contributed by atoms with van der Waals surface area (Å²) in [7, 11) is 1.64. The minimum absolute atomic E-state index is 0.328. The van der Waals surface area contributed by atoms with Gasteiger partial charge < -0.3 is 9.47 Å². The molecule has 1 N–H and O–H groups in total. The van der Waals surface area contributed by atoms with Crippen molar-refractivity contribution in [2.24, 2.45) is 0 Å². The zero-order valence-corrected chi connectivity index (χ0v) is 10.3. The van der Waals surface area contributed by atoms with Gasteiger partial charge in [-0.1, -0.05) is 12.1 Å². The lowest BCUT2D eigenvalue weighted by atomic mass is 10.1. The number of nitrogens with zero attached hydrogens (tertiary/aromatic N) is 1. The molecule has 0 aliphatic heterocycles. The van der Waals surface area contributed by atoms with Crippen molar-refractivity contribution in [2.45, 2.75) is 13.0 Å². The van der Waals surface area contributed by atoms with Crippen molar-refractivity contribution >= 4 is 0 Å². The summed E-state index contributed by atoms with van der Waals surface area (Å²) in [5.74, 6) is 0.791. The van der Waals surface area contributed by atoms with Crippen LogP contribution in [-0.4, -0.2) is 26.9 Å². The van der Waals surface area contributed by atoms with E-state index in [0.717, 1.165) is 11.3 Å². The monoisotopic (exact) mass is 234 g/mol. The summed E-state index contributed by atoms with van der Waals surface area (Å²) in [5.41, 5.74) is 0.912. The molecule has 0 fully saturated rings. The molecule has 1 atom stereocenters. The van der Waals surface area contributed by atoms with Gasteiger partial charge in [-0.15, -0.1) is 0 Å². The van der Waals surface area contributed by atoms with Crippen molar-refractivity contribution in [3.8, 4) is 11.8 Å². The van der Waals surface area contributed by atoms with Gasteiger partial charge in [-0.25, -0.2) is 0 Å². The lowest BCUT2D eigenvalue weighted by Crippen LogP contribution is -2.23. The predicted octanol–water partition coefficient (Wildman–Crippen LogP) is 1.89. The van der Waals surface area contributed by atoms with Crippen molar-refractivity contribution in [3.05, 3.63) is 29.8 Å². The Morgan fingerprint density at radius 2 is 2.29 bits per heavy atom. The maximum absolute atomic E-state index is 9.11. The van der Waals surface area contributed by atoms with E-state index in [2.05, 4.69) is 11.4 Å². The Kier molecular flexibility index (Phi) is 6.08. The van der Waals surface area contributed by atoms with Crippen LogP contribution in [0.4, 0.5) is 0 Å². The van der Waals surface area contributed by atoms with E-state index in [0.29, 0.717) is 19.8 Å². The fourth-order valence-electron chi connectivity index (χ4n) is 1.49. The van der Waals surface area contributed by atoms with Gasteiger partial charge in [0.25, 0.3) is 0 Å². The zero-order chi connectivity index (χ0) is 12.5. The highest BCUT2D eigenvalue weighted by Gasteiger charge is 2.09. The first-order valence-electron chi connectivity index (χ1n) is 5.66. The molecule has 92 valence electrons. The summed E-state index contributed by atoms with van der Waals surface area (Å²) >= 11 is 0. The van der Waals surface area contributed by atoms with Crippen LogP contribution in [0.2, 0.25) is 0 Å². The second-order valence-corrected chi connectivity index (χ2v) is 3.51. The normalized spacial score (nSPS) is 11.8. The highest BCUT2D eigenvalue weighted by atomic mass is 16.5. The van der Waals surface area contributed by atoms with Crippen LogP contribution >= 0.6 is 0 Å². The number of nitrogens with one attached hydrogen (secondary N) is 1. The summed E-state index contributed by atoms with van der Waals surface area (Å²) in [5, 5.41) is 12.2. The summed E-state index contributed by atoms with van der Waals surface area (Å²) in [6.07, 6.45) is 0. The largest absolute Gasteiger partial charge is 0.494 e. The number of hydrogen-bond donors (Lipinski definition) is 1. The van der Waals surface area contributed by atoms with E-state index in [1.165, 1.54) is 0 Å². The second-order valence-electron chi connectivity index (χ2n) is 3.51. The van der Waals surface area contributed by atoms with Gasteiger partial charge in [-0.05, 0) is 24.6 Å². The molecule has 0 radical (unpaired) electrons. The van der Waals surface area contributed by atoms with Crippen molar-refractivity contribution < 1.29 is 9.47 Å². The SMILES string of the molecule is CCOc1cccc(C(C#N)NCCOC)c1. The van der Waals surface area contributed by atoms with Gasteiger partial charge in [0.1, 0.15) is 11.8 Å². The number of rotatable bonds is 7. The molecular formula is C13H18N2O2. The molecule has 4 heteroatoms. The highest BCUT2D eigenvalue weighted by molar-refractivity contribution is 5.33. The summed E-state index contributed by atoms with van der Waals surface area (Å²) < 4.78 is 10.3. The minimum atomic E-state index is -0.328. The first-order valence-corrected chi connectivity index (χ1v) is 5.66. The standard InChI is InChI=1S/C13H18N2O2/c1-3-17-12-6-4-5-11(9-12)13(10-14)15-7-8-16-2/h4-6,9,13,15H,3,7-8H2,1-2H3. The molecule has 1 aromatic rings. The molecule has 0 heterocycles. The molecule has 0 saturated carbocycles. The van der Waals surface area contributed by atoms with Crippen LogP contribution in [0.3, 0.4) is 0 Å². The van der Waals surface area contributed by atoms with Crippen LogP contribution in [0.15, 0.2) is 24.3 Å². The first-order chi connectivity index (χ1) is 8.31. The Labute approximate surface area is 102 Å². The Bertz CT molecular complexity index is 374.